The van der Waals surface area contributed by atoms with E-state index in [1.54, 1.807) is 18.2 Å². The van der Waals surface area contributed by atoms with Gasteiger partial charge in [-0.05, 0) is 30.7 Å². The Bertz CT molecular complexity index is 644. The minimum atomic E-state index is -0.480. The largest absolute Gasteiger partial charge is 0.398 e. The summed E-state index contributed by atoms with van der Waals surface area (Å²) in [7, 11) is 0. The van der Waals surface area contributed by atoms with E-state index in [2.05, 4.69) is 5.32 Å². The molecule has 2 aromatic carbocycles. The first-order valence-corrected chi connectivity index (χ1v) is 5.91. The van der Waals surface area contributed by atoms with Crippen molar-refractivity contribution >= 4 is 34.4 Å². The highest BCUT2D eigenvalue weighted by Gasteiger charge is 2.09. The molecule has 6 heteroatoms. The molecule has 0 aliphatic carbocycles. The maximum absolute atomic E-state index is 10.8. The van der Waals surface area contributed by atoms with Crippen LogP contribution < -0.4 is 11.1 Å². The third kappa shape index (κ3) is 3.14. The molecule has 0 amide bonds. The van der Waals surface area contributed by atoms with Crippen LogP contribution in [-0.2, 0) is 0 Å². The molecule has 2 aromatic rings. The van der Waals surface area contributed by atoms with Crippen LogP contribution in [0, 0.1) is 17.0 Å². The number of nitrogens with two attached hydrogens (primary N) is 1. The lowest BCUT2D eigenvalue weighted by Crippen LogP contribution is -1.97. The molecule has 98 valence electrons. The molecule has 0 atom stereocenters. The summed E-state index contributed by atoms with van der Waals surface area (Å²) in [5, 5.41) is 14.4. The van der Waals surface area contributed by atoms with Gasteiger partial charge in [-0.15, -0.1) is 0 Å². The molecular weight excluding hydrogens is 266 g/mol. The molecule has 0 unspecified atom stereocenters. The summed E-state index contributed by atoms with van der Waals surface area (Å²) in [5.74, 6) is 0. The van der Waals surface area contributed by atoms with Crippen LogP contribution in [-0.4, -0.2) is 4.92 Å². The van der Waals surface area contributed by atoms with Gasteiger partial charge in [0.25, 0.3) is 5.69 Å². The van der Waals surface area contributed by atoms with E-state index in [0.29, 0.717) is 16.4 Å². The summed E-state index contributed by atoms with van der Waals surface area (Å²) >= 11 is 5.92. The molecule has 0 bridgehead atoms. The highest BCUT2D eigenvalue weighted by molar-refractivity contribution is 6.30. The Kier molecular flexibility index (Phi) is 3.57. The zero-order valence-electron chi connectivity index (χ0n) is 10.2. The third-order valence-corrected chi connectivity index (χ3v) is 2.86. The van der Waals surface area contributed by atoms with Gasteiger partial charge in [-0.1, -0.05) is 17.7 Å². The number of anilines is 3. The van der Waals surface area contributed by atoms with Crippen molar-refractivity contribution in [1.29, 1.82) is 0 Å². The van der Waals surface area contributed by atoms with Crippen molar-refractivity contribution in [2.45, 2.75) is 6.92 Å². The number of aryl methyl sites for hydroxylation is 1. The second-order valence-electron chi connectivity index (χ2n) is 4.15. The van der Waals surface area contributed by atoms with Crippen LogP contribution in [0.3, 0.4) is 0 Å². The number of halogens is 1. The number of nitro benzene ring substituents is 1. The minimum Gasteiger partial charge on any atom is -0.398 e. The second kappa shape index (κ2) is 5.16. The predicted molar refractivity (Wildman–Crippen MR) is 77.0 cm³/mol. The number of nitrogens with one attached hydrogen (secondary N) is 1. The Morgan fingerprint density at radius 3 is 2.68 bits per heavy atom. The number of benzene rings is 2. The first kappa shape index (κ1) is 13.2. The number of hydrogen-bond donors (Lipinski definition) is 2. The van der Waals surface area contributed by atoms with Crippen molar-refractivity contribution in [3.05, 3.63) is 57.1 Å². The van der Waals surface area contributed by atoms with Crippen molar-refractivity contribution in [1.82, 2.24) is 0 Å². The summed E-state index contributed by atoms with van der Waals surface area (Å²) < 4.78 is 0. The zero-order valence-corrected chi connectivity index (χ0v) is 10.9. The summed E-state index contributed by atoms with van der Waals surface area (Å²) in [6.07, 6.45) is 0. The minimum absolute atomic E-state index is 0.0535. The van der Waals surface area contributed by atoms with Gasteiger partial charge in [0.15, 0.2) is 0 Å². The van der Waals surface area contributed by atoms with E-state index in [4.69, 9.17) is 17.3 Å². The molecule has 0 spiro atoms. The Morgan fingerprint density at radius 2 is 2.00 bits per heavy atom. The fourth-order valence-corrected chi connectivity index (χ4v) is 1.87. The van der Waals surface area contributed by atoms with Gasteiger partial charge in [-0.3, -0.25) is 10.1 Å². The van der Waals surface area contributed by atoms with Crippen molar-refractivity contribution < 1.29 is 4.92 Å². The Morgan fingerprint density at radius 1 is 1.26 bits per heavy atom. The van der Waals surface area contributed by atoms with Gasteiger partial charge in [0.2, 0.25) is 0 Å². The van der Waals surface area contributed by atoms with E-state index in [1.807, 2.05) is 13.0 Å². The molecule has 0 aliphatic rings. The first-order valence-electron chi connectivity index (χ1n) is 5.54. The summed E-state index contributed by atoms with van der Waals surface area (Å²) in [5.41, 5.74) is 8.24. The van der Waals surface area contributed by atoms with E-state index in [1.165, 1.54) is 12.1 Å². The monoisotopic (exact) mass is 277 g/mol. The normalized spacial score (nSPS) is 10.2. The average molecular weight is 278 g/mol. The van der Waals surface area contributed by atoms with Crippen molar-refractivity contribution in [2.75, 3.05) is 11.1 Å². The molecule has 0 heterocycles. The number of non-ortho nitro benzene ring substituents is 1. The summed E-state index contributed by atoms with van der Waals surface area (Å²) in [4.78, 5) is 10.3. The van der Waals surface area contributed by atoms with Crippen LogP contribution in [0.5, 0.6) is 0 Å². The maximum Gasteiger partial charge on any atom is 0.273 e. The molecule has 0 fully saturated rings. The van der Waals surface area contributed by atoms with Crippen molar-refractivity contribution in [3.8, 4) is 0 Å². The molecule has 3 N–H and O–H groups in total. The lowest BCUT2D eigenvalue weighted by atomic mass is 10.2. The van der Waals surface area contributed by atoms with Crippen molar-refractivity contribution in [3.63, 3.8) is 0 Å². The molecule has 19 heavy (non-hydrogen) atoms. The number of rotatable bonds is 3. The highest BCUT2D eigenvalue weighted by Crippen LogP contribution is 2.28. The van der Waals surface area contributed by atoms with Crippen LogP contribution in [0.15, 0.2) is 36.4 Å². The van der Waals surface area contributed by atoms with Crippen LogP contribution in [0.1, 0.15) is 5.56 Å². The molecular formula is C13H12ClN3O2. The van der Waals surface area contributed by atoms with Crippen LogP contribution in [0.4, 0.5) is 22.7 Å². The third-order valence-electron chi connectivity index (χ3n) is 2.63. The summed E-state index contributed by atoms with van der Waals surface area (Å²) in [6, 6.07) is 9.78. The van der Waals surface area contributed by atoms with Crippen LogP contribution in [0.25, 0.3) is 0 Å². The van der Waals surface area contributed by atoms with Gasteiger partial charge in [0, 0.05) is 34.2 Å². The smallest absolute Gasteiger partial charge is 0.273 e. The highest BCUT2D eigenvalue weighted by atomic mass is 35.5. The van der Waals surface area contributed by atoms with Gasteiger partial charge in [-0.25, -0.2) is 0 Å². The Hall–Kier alpha value is -2.27. The van der Waals surface area contributed by atoms with Gasteiger partial charge < -0.3 is 11.1 Å². The van der Waals surface area contributed by atoms with Gasteiger partial charge in [0.05, 0.1) is 4.92 Å². The number of nitrogens with zero attached hydrogens (tertiary/aromatic N) is 1. The maximum atomic E-state index is 10.8. The Balaban J connectivity index is 2.38. The molecule has 0 radical (unpaired) electrons. The van der Waals surface area contributed by atoms with E-state index < -0.39 is 4.92 Å². The number of hydrogen-bond acceptors (Lipinski definition) is 4. The lowest BCUT2D eigenvalue weighted by Gasteiger charge is -2.10. The lowest BCUT2D eigenvalue weighted by molar-refractivity contribution is -0.384. The predicted octanol–water partition coefficient (Wildman–Crippen LogP) is 3.88. The standard InChI is InChI=1S/C13H12ClN3O2/c1-8-2-3-9(14)4-13(8)16-11-5-10(15)6-12(7-11)17(18)19/h2-7,16H,15H2,1H3. The quantitative estimate of drug-likeness (QED) is 0.507. The second-order valence-corrected chi connectivity index (χ2v) is 4.59. The van der Waals surface area contributed by atoms with E-state index in [0.717, 1.165) is 11.3 Å². The SMILES string of the molecule is Cc1ccc(Cl)cc1Nc1cc(N)cc([N+](=O)[O-])c1. The van der Waals surface area contributed by atoms with E-state index >= 15 is 0 Å². The van der Waals surface area contributed by atoms with Crippen LogP contribution >= 0.6 is 11.6 Å². The molecule has 0 saturated heterocycles. The fourth-order valence-electron chi connectivity index (χ4n) is 1.70. The Labute approximate surface area is 115 Å². The van der Waals surface area contributed by atoms with Gasteiger partial charge >= 0.3 is 0 Å². The molecule has 0 aliphatic heterocycles. The number of nitrogen functional groups attached to an aromatic ring is 1. The van der Waals surface area contributed by atoms with Crippen LogP contribution in [0.2, 0.25) is 5.02 Å². The molecule has 2 rings (SSSR count). The summed E-state index contributed by atoms with van der Waals surface area (Å²) in [6.45, 7) is 1.92. The first-order chi connectivity index (χ1) is 8.95. The van der Waals surface area contributed by atoms with Gasteiger partial charge in [-0.2, -0.15) is 0 Å². The molecule has 0 saturated carbocycles. The topological polar surface area (TPSA) is 81.2 Å². The fraction of sp³-hybridized carbons (Fsp3) is 0.0769. The van der Waals surface area contributed by atoms with Crippen molar-refractivity contribution in [2.24, 2.45) is 0 Å². The number of nitro groups is 1. The molecule has 0 aromatic heterocycles. The zero-order chi connectivity index (χ0) is 14.0. The van der Waals surface area contributed by atoms with Gasteiger partial charge in [0.1, 0.15) is 0 Å². The van der Waals surface area contributed by atoms with E-state index in [-0.39, 0.29) is 5.69 Å². The van der Waals surface area contributed by atoms with E-state index in [9.17, 15) is 10.1 Å². The average Bonchev–Trinajstić information content (AvgIpc) is 2.33. The molecule has 5 nitrogen and oxygen atoms in total.